The maximum absolute atomic E-state index is 11.9. The molecule has 1 rings (SSSR count). The highest BCUT2D eigenvalue weighted by Gasteiger charge is 2.31. The predicted molar refractivity (Wildman–Crippen MR) is 61.7 cm³/mol. The number of aliphatic hydroxyl groups excluding tert-OH is 1. The molecule has 2 amide bonds. The van der Waals surface area contributed by atoms with E-state index >= 15 is 0 Å². The second-order valence-corrected chi connectivity index (χ2v) is 4.56. The van der Waals surface area contributed by atoms with Crippen LogP contribution in [0, 0.1) is 0 Å². The number of carboxylic acids is 1. The monoisotopic (exact) mass is 244 g/mol. The van der Waals surface area contributed by atoms with Crippen LogP contribution in [0.4, 0.5) is 4.79 Å². The maximum Gasteiger partial charge on any atom is 0.328 e. The molecule has 6 nitrogen and oxygen atoms in total. The number of hydrogen-bond acceptors (Lipinski definition) is 3. The fourth-order valence-corrected chi connectivity index (χ4v) is 2.23. The number of piperidine rings is 1. The average Bonchev–Trinajstić information content (AvgIpc) is 2.25. The first-order chi connectivity index (χ1) is 7.97. The van der Waals surface area contributed by atoms with Gasteiger partial charge in [0.15, 0.2) is 6.04 Å². The molecule has 2 unspecified atom stereocenters. The van der Waals surface area contributed by atoms with Gasteiger partial charge in [-0.3, -0.25) is 0 Å². The molecule has 1 saturated heterocycles. The Morgan fingerprint density at radius 1 is 1.35 bits per heavy atom. The molecule has 0 aromatic rings. The summed E-state index contributed by atoms with van der Waals surface area (Å²) >= 11 is 0. The first-order valence-corrected chi connectivity index (χ1v) is 5.89. The number of hydrogen-bond donors (Lipinski definition) is 3. The standard InChI is InChI=1S/C11H20N2O4/c1-7-4-3-5-8(2)13(7)11(17)12-9(6-14)10(15)16/h7-9,14H,3-6H2,1-2H3,(H,12,17)(H,15,16)/t7?,8?,9-/m0/s1. The van der Waals surface area contributed by atoms with Gasteiger partial charge in [-0.1, -0.05) is 0 Å². The smallest absolute Gasteiger partial charge is 0.328 e. The molecular weight excluding hydrogens is 224 g/mol. The van der Waals surface area contributed by atoms with Crippen molar-refractivity contribution in [3.63, 3.8) is 0 Å². The van der Waals surface area contributed by atoms with Crippen LogP contribution in [0.15, 0.2) is 0 Å². The van der Waals surface area contributed by atoms with Gasteiger partial charge in [-0.2, -0.15) is 0 Å². The van der Waals surface area contributed by atoms with Crippen LogP contribution in [-0.4, -0.2) is 51.8 Å². The highest BCUT2D eigenvalue weighted by Crippen LogP contribution is 2.22. The molecular formula is C11H20N2O4. The number of likely N-dealkylation sites (tertiary alicyclic amines) is 1. The lowest BCUT2D eigenvalue weighted by Crippen LogP contribution is -2.56. The van der Waals surface area contributed by atoms with Gasteiger partial charge in [0.05, 0.1) is 6.61 Å². The summed E-state index contributed by atoms with van der Waals surface area (Å²) in [7, 11) is 0. The van der Waals surface area contributed by atoms with Gasteiger partial charge < -0.3 is 20.4 Å². The summed E-state index contributed by atoms with van der Waals surface area (Å²) in [6.45, 7) is 3.30. The van der Waals surface area contributed by atoms with E-state index in [2.05, 4.69) is 5.32 Å². The fraction of sp³-hybridized carbons (Fsp3) is 0.818. The van der Waals surface area contributed by atoms with Crippen molar-refractivity contribution < 1.29 is 19.8 Å². The van der Waals surface area contributed by atoms with E-state index in [-0.39, 0.29) is 12.1 Å². The fourth-order valence-electron chi connectivity index (χ4n) is 2.23. The Balaban J connectivity index is 2.64. The lowest BCUT2D eigenvalue weighted by Gasteiger charge is -2.39. The molecule has 0 saturated carbocycles. The summed E-state index contributed by atoms with van der Waals surface area (Å²) < 4.78 is 0. The Bertz CT molecular complexity index is 285. The number of nitrogens with zero attached hydrogens (tertiary/aromatic N) is 1. The molecule has 0 bridgehead atoms. The highest BCUT2D eigenvalue weighted by molar-refractivity contribution is 5.83. The topological polar surface area (TPSA) is 89.9 Å². The Morgan fingerprint density at radius 3 is 2.29 bits per heavy atom. The third-order valence-electron chi connectivity index (χ3n) is 3.21. The summed E-state index contributed by atoms with van der Waals surface area (Å²) in [6, 6.07) is -1.44. The van der Waals surface area contributed by atoms with E-state index in [0.29, 0.717) is 0 Å². The van der Waals surface area contributed by atoms with Gasteiger partial charge in [-0.15, -0.1) is 0 Å². The average molecular weight is 244 g/mol. The van der Waals surface area contributed by atoms with Crippen LogP contribution in [0.3, 0.4) is 0 Å². The van der Waals surface area contributed by atoms with Gasteiger partial charge in [0, 0.05) is 12.1 Å². The summed E-state index contributed by atoms with van der Waals surface area (Å²) in [5.41, 5.74) is 0. The van der Waals surface area contributed by atoms with E-state index in [1.54, 1.807) is 4.90 Å². The molecule has 0 radical (unpaired) electrons. The lowest BCUT2D eigenvalue weighted by atomic mass is 9.98. The minimum atomic E-state index is -1.23. The number of carboxylic acid groups (broad SMARTS) is 1. The van der Waals surface area contributed by atoms with Crippen molar-refractivity contribution in [1.82, 2.24) is 10.2 Å². The van der Waals surface area contributed by atoms with E-state index < -0.39 is 24.6 Å². The van der Waals surface area contributed by atoms with Crippen LogP contribution in [-0.2, 0) is 4.79 Å². The highest BCUT2D eigenvalue weighted by atomic mass is 16.4. The van der Waals surface area contributed by atoms with E-state index in [4.69, 9.17) is 10.2 Å². The summed E-state index contributed by atoms with van der Waals surface area (Å²) in [5, 5.41) is 20.0. The molecule has 1 fully saturated rings. The Morgan fingerprint density at radius 2 is 1.88 bits per heavy atom. The third-order valence-corrected chi connectivity index (χ3v) is 3.21. The minimum Gasteiger partial charge on any atom is -0.480 e. The van der Waals surface area contributed by atoms with Gasteiger partial charge in [0.1, 0.15) is 0 Å². The van der Waals surface area contributed by atoms with Gasteiger partial charge >= 0.3 is 12.0 Å². The number of nitrogens with one attached hydrogen (secondary N) is 1. The number of aliphatic carboxylic acids is 1. The third kappa shape index (κ3) is 3.33. The van der Waals surface area contributed by atoms with Gasteiger partial charge in [0.2, 0.25) is 0 Å². The summed E-state index contributed by atoms with van der Waals surface area (Å²) in [4.78, 5) is 24.3. The number of amides is 2. The zero-order chi connectivity index (χ0) is 13.0. The summed E-state index contributed by atoms with van der Waals surface area (Å²) in [5.74, 6) is -1.22. The molecule has 0 aromatic carbocycles. The Kier molecular flexibility index (Phi) is 4.74. The Labute approximate surface area is 101 Å². The van der Waals surface area contributed by atoms with Crippen molar-refractivity contribution in [1.29, 1.82) is 0 Å². The molecule has 17 heavy (non-hydrogen) atoms. The zero-order valence-corrected chi connectivity index (χ0v) is 10.2. The number of aliphatic hydroxyl groups is 1. The van der Waals surface area contributed by atoms with E-state index in [9.17, 15) is 9.59 Å². The zero-order valence-electron chi connectivity index (χ0n) is 10.2. The lowest BCUT2D eigenvalue weighted by molar-refractivity contribution is -0.140. The van der Waals surface area contributed by atoms with Crippen LogP contribution < -0.4 is 5.32 Å². The van der Waals surface area contributed by atoms with Crippen LogP contribution in [0.1, 0.15) is 33.1 Å². The second-order valence-electron chi connectivity index (χ2n) is 4.56. The molecule has 1 heterocycles. The van der Waals surface area contributed by atoms with Crippen molar-refractivity contribution in [2.24, 2.45) is 0 Å². The van der Waals surface area contributed by atoms with E-state index in [0.717, 1.165) is 19.3 Å². The van der Waals surface area contributed by atoms with Crippen molar-refractivity contribution >= 4 is 12.0 Å². The number of rotatable bonds is 3. The van der Waals surface area contributed by atoms with E-state index in [1.807, 2.05) is 13.8 Å². The SMILES string of the molecule is CC1CCCC(C)N1C(=O)N[C@@H](CO)C(=O)O. The van der Waals surface area contributed by atoms with Gasteiger partial charge in [0.25, 0.3) is 0 Å². The van der Waals surface area contributed by atoms with Crippen LogP contribution in [0.25, 0.3) is 0 Å². The molecule has 1 aliphatic heterocycles. The first-order valence-electron chi connectivity index (χ1n) is 5.89. The molecule has 0 aromatic heterocycles. The van der Waals surface area contributed by atoms with Crippen LogP contribution >= 0.6 is 0 Å². The van der Waals surface area contributed by atoms with Crippen molar-refractivity contribution in [2.45, 2.75) is 51.2 Å². The first kappa shape index (κ1) is 13.8. The van der Waals surface area contributed by atoms with Crippen molar-refractivity contribution in [3.05, 3.63) is 0 Å². The van der Waals surface area contributed by atoms with Gasteiger partial charge in [-0.05, 0) is 33.1 Å². The minimum absolute atomic E-state index is 0.104. The van der Waals surface area contributed by atoms with Gasteiger partial charge in [-0.25, -0.2) is 9.59 Å². The predicted octanol–water partition coefficient (Wildman–Crippen LogP) is 0.404. The van der Waals surface area contributed by atoms with Crippen molar-refractivity contribution in [3.8, 4) is 0 Å². The van der Waals surface area contributed by atoms with Crippen LogP contribution in [0.2, 0.25) is 0 Å². The van der Waals surface area contributed by atoms with E-state index in [1.165, 1.54) is 0 Å². The van der Waals surface area contributed by atoms with Crippen molar-refractivity contribution in [2.75, 3.05) is 6.61 Å². The Hall–Kier alpha value is -1.30. The quantitative estimate of drug-likeness (QED) is 0.670. The molecule has 3 atom stereocenters. The molecule has 1 aliphatic rings. The maximum atomic E-state index is 11.9. The number of carbonyl (C=O) groups excluding carboxylic acids is 1. The number of urea groups is 1. The molecule has 3 N–H and O–H groups in total. The second kappa shape index (κ2) is 5.86. The molecule has 98 valence electrons. The molecule has 0 spiro atoms. The largest absolute Gasteiger partial charge is 0.480 e. The van der Waals surface area contributed by atoms with Crippen LogP contribution in [0.5, 0.6) is 0 Å². The normalized spacial score (nSPS) is 26.4. The number of carbonyl (C=O) groups is 2. The summed E-state index contributed by atoms with van der Waals surface area (Å²) in [6.07, 6.45) is 2.93. The molecule has 0 aliphatic carbocycles. The molecule has 6 heteroatoms.